The maximum absolute atomic E-state index is 12.8. The smallest absolute Gasteiger partial charge is 0.322 e. The van der Waals surface area contributed by atoms with Gasteiger partial charge in [0.05, 0.1) is 14.2 Å². The average molecular weight is 428 g/mol. The number of piperazine rings is 1. The second kappa shape index (κ2) is 9.55. The second-order valence-corrected chi connectivity index (χ2v) is 7.28. The van der Waals surface area contributed by atoms with Gasteiger partial charge in [0.1, 0.15) is 5.69 Å². The van der Waals surface area contributed by atoms with Gasteiger partial charge in [-0.2, -0.15) is 0 Å². The molecule has 0 saturated carbocycles. The highest BCUT2D eigenvalue weighted by Gasteiger charge is 2.23. The van der Waals surface area contributed by atoms with Gasteiger partial charge < -0.3 is 29.3 Å². The molecule has 0 atom stereocenters. The Balaban J connectivity index is 1.65. The van der Waals surface area contributed by atoms with Gasteiger partial charge >= 0.3 is 12.0 Å². The van der Waals surface area contributed by atoms with E-state index < -0.39 is 5.97 Å². The molecule has 1 N–H and O–H groups in total. The van der Waals surface area contributed by atoms with E-state index in [2.05, 4.69) is 15.2 Å². The average Bonchev–Trinajstić information content (AvgIpc) is 2.75. The van der Waals surface area contributed by atoms with Gasteiger partial charge in [-0.15, -0.1) is 0 Å². The predicted octanol–water partition coefficient (Wildman–Crippen LogP) is 3.00. The lowest BCUT2D eigenvalue weighted by Gasteiger charge is -2.36. The molecule has 2 aromatic rings. The summed E-state index contributed by atoms with van der Waals surface area (Å²) in [6, 6.07) is 7.13. The molecule has 2 amide bonds. The number of urea groups is 1. The van der Waals surface area contributed by atoms with Crippen molar-refractivity contribution in [2.24, 2.45) is 0 Å². The van der Waals surface area contributed by atoms with Gasteiger partial charge in [0.2, 0.25) is 5.88 Å². The number of aryl methyl sites for hydroxylation is 2. The van der Waals surface area contributed by atoms with Crippen LogP contribution in [0.4, 0.5) is 16.2 Å². The number of ether oxygens (including phenoxy) is 3. The van der Waals surface area contributed by atoms with Gasteiger partial charge in [0.25, 0.3) is 0 Å². The molecule has 0 unspecified atom stereocenters. The molecule has 9 nitrogen and oxygen atoms in total. The molecule has 1 aliphatic rings. The predicted molar refractivity (Wildman–Crippen MR) is 117 cm³/mol. The number of methoxy groups -OCH3 is 2. The molecule has 2 heterocycles. The van der Waals surface area contributed by atoms with E-state index in [9.17, 15) is 9.59 Å². The number of pyridine rings is 1. The van der Waals surface area contributed by atoms with Crippen molar-refractivity contribution in [2.75, 3.05) is 50.6 Å². The van der Waals surface area contributed by atoms with Crippen molar-refractivity contribution in [2.45, 2.75) is 20.8 Å². The molecule has 0 spiro atoms. The number of hydrogen-bond acceptors (Lipinski definition) is 7. The summed E-state index contributed by atoms with van der Waals surface area (Å²) < 4.78 is 15.8. The summed E-state index contributed by atoms with van der Waals surface area (Å²) in [6.45, 7) is 7.55. The van der Waals surface area contributed by atoms with Crippen LogP contribution in [-0.4, -0.2) is 62.3 Å². The third-order valence-electron chi connectivity index (χ3n) is 5.20. The highest BCUT2D eigenvalue weighted by atomic mass is 16.6. The summed E-state index contributed by atoms with van der Waals surface area (Å²) in [5, 5.41) is 2.91. The molecule has 0 bridgehead atoms. The lowest BCUT2D eigenvalue weighted by Crippen LogP contribution is -2.50. The standard InChI is InChI=1S/C22H28N4O5/c1-14-12-18(21(30-5)23-15(14)2)24-22(28)26-10-8-25(9-11-26)17-6-7-19(29-4)20(13-17)31-16(3)27/h6-7,12-13H,8-11H2,1-5H3,(H,24,28). The lowest BCUT2D eigenvalue weighted by molar-refractivity contribution is -0.132. The largest absolute Gasteiger partial charge is 0.493 e. The molecular weight excluding hydrogens is 400 g/mol. The van der Waals surface area contributed by atoms with Crippen LogP contribution < -0.4 is 24.4 Å². The van der Waals surface area contributed by atoms with Crippen LogP contribution in [0.2, 0.25) is 0 Å². The van der Waals surface area contributed by atoms with E-state index in [4.69, 9.17) is 14.2 Å². The lowest BCUT2D eigenvalue weighted by atomic mass is 10.2. The van der Waals surface area contributed by atoms with Crippen molar-refractivity contribution in [1.29, 1.82) is 0 Å². The minimum Gasteiger partial charge on any atom is -0.493 e. The van der Waals surface area contributed by atoms with Crippen molar-refractivity contribution in [1.82, 2.24) is 9.88 Å². The van der Waals surface area contributed by atoms with E-state index in [1.165, 1.54) is 21.1 Å². The number of anilines is 2. The van der Waals surface area contributed by atoms with E-state index in [0.717, 1.165) is 16.9 Å². The van der Waals surface area contributed by atoms with Crippen LogP contribution in [0.15, 0.2) is 24.3 Å². The van der Waals surface area contributed by atoms with E-state index in [-0.39, 0.29) is 6.03 Å². The van der Waals surface area contributed by atoms with Gasteiger partial charge in [-0.25, -0.2) is 9.78 Å². The summed E-state index contributed by atoms with van der Waals surface area (Å²) in [5.74, 6) is 0.856. The SMILES string of the molecule is COc1ccc(N2CCN(C(=O)Nc3cc(C)c(C)nc3OC)CC2)cc1OC(C)=O. The first kappa shape index (κ1) is 22.2. The number of benzene rings is 1. The maximum Gasteiger partial charge on any atom is 0.322 e. The van der Waals surface area contributed by atoms with Crippen molar-refractivity contribution >= 4 is 23.4 Å². The Kier molecular flexibility index (Phi) is 6.84. The third-order valence-corrected chi connectivity index (χ3v) is 5.20. The van der Waals surface area contributed by atoms with Crippen LogP contribution in [0.25, 0.3) is 0 Å². The molecule has 0 aliphatic carbocycles. The van der Waals surface area contributed by atoms with Crippen LogP contribution in [0.5, 0.6) is 17.4 Å². The Labute approximate surface area is 181 Å². The first-order chi connectivity index (χ1) is 14.8. The maximum atomic E-state index is 12.8. The number of nitrogens with one attached hydrogen (secondary N) is 1. The summed E-state index contributed by atoms with van der Waals surface area (Å²) in [7, 11) is 3.06. The minimum absolute atomic E-state index is 0.196. The zero-order valence-electron chi connectivity index (χ0n) is 18.5. The summed E-state index contributed by atoms with van der Waals surface area (Å²) in [4.78, 5) is 32.4. The van der Waals surface area contributed by atoms with Crippen molar-refractivity contribution in [3.05, 3.63) is 35.5 Å². The van der Waals surface area contributed by atoms with Gasteiger partial charge in [0, 0.05) is 50.6 Å². The molecule has 1 aromatic carbocycles. The molecule has 1 aliphatic heterocycles. The fourth-order valence-corrected chi connectivity index (χ4v) is 3.39. The van der Waals surface area contributed by atoms with E-state index in [0.29, 0.717) is 49.2 Å². The monoisotopic (exact) mass is 428 g/mol. The zero-order valence-corrected chi connectivity index (χ0v) is 18.5. The van der Waals surface area contributed by atoms with Crippen LogP contribution in [0.1, 0.15) is 18.2 Å². The van der Waals surface area contributed by atoms with Crippen molar-refractivity contribution in [3.63, 3.8) is 0 Å². The molecule has 0 radical (unpaired) electrons. The van der Waals surface area contributed by atoms with Crippen LogP contribution in [0, 0.1) is 13.8 Å². The highest BCUT2D eigenvalue weighted by molar-refractivity contribution is 5.91. The van der Waals surface area contributed by atoms with Crippen molar-refractivity contribution in [3.8, 4) is 17.4 Å². The number of carbonyl (C=O) groups excluding carboxylic acids is 2. The number of esters is 1. The number of carbonyl (C=O) groups is 2. The van der Waals surface area contributed by atoms with Crippen LogP contribution in [-0.2, 0) is 4.79 Å². The van der Waals surface area contributed by atoms with Gasteiger partial charge in [-0.1, -0.05) is 0 Å². The fraction of sp³-hybridized carbons (Fsp3) is 0.409. The molecule has 1 fully saturated rings. The Bertz CT molecular complexity index is 971. The third kappa shape index (κ3) is 5.17. The summed E-state index contributed by atoms with van der Waals surface area (Å²) in [6.07, 6.45) is 0. The van der Waals surface area contributed by atoms with Crippen LogP contribution >= 0.6 is 0 Å². The Morgan fingerprint density at radius 3 is 2.32 bits per heavy atom. The van der Waals surface area contributed by atoms with Crippen molar-refractivity contribution < 1.29 is 23.8 Å². The number of hydrogen-bond donors (Lipinski definition) is 1. The zero-order chi connectivity index (χ0) is 22.5. The molecule has 31 heavy (non-hydrogen) atoms. The Morgan fingerprint density at radius 2 is 1.71 bits per heavy atom. The van der Waals surface area contributed by atoms with Gasteiger partial charge in [-0.3, -0.25) is 4.79 Å². The van der Waals surface area contributed by atoms with Crippen LogP contribution in [0.3, 0.4) is 0 Å². The molecule has 1 saturated heterocycles. The van der Waals surface area contributed by atoms with Gasteiger partial charge in [0.15, 0.2) is 11.5 Å². The quantitative estimate of drug-likeness (QED) is 0.578. The Morgan fingerprint density at radius 1 is 1.00 bits per heavy atom. The fourth-order valence-electron chi connectivity index (χ4n) is 3.39. The topological polar surface area (TPSA) is 93.2 Å². The molecule has 3 rings (SSSR count). The molecule has 166 valence electrons. The summed E-state index contributed by atoms with van der Waals surface area (Å²) in [5.41, 5.74) is 3.29. The highest BCUT2D eigenvalue weighted by Crippen LogP contribution is 2.32. The number of nitrogens with zero attached hydrogens (tertiary/aromatic N) is 3. The normalized spacial score (nSPS) is 13.6. The number of amides is 2. The summed E-state index contributed by atoms with van der Waals surface area (Å²) >= 11 is 0. The number of aromatic nitrogens is 1. The van der Waals surface area contributed by atoms with E-state index in [1.807, 2.05) is 26.0 Å². The molecule has 1 aromatic heterocycles. The first-order valence-electron chi connectivity index (χ1n) is 10.0. The molecular formula is C22H28N4O5. The minimum atomic E-state index is -0.409. The number of rotatable bonds is 5. The van der Waals surface area contributed by atoms with Gasteiger partial charge in [-0.05, 0) is 37.6 Å². The first-order valence-corrected chi connectivity index (χ1v) is 10.0. The Hall–Kier alpha value is -3.49. The molecule has 9 heteroatoms. The van der Waals surface area contributed by atoms with E-state index >= 15 is 0 Å². The van der Waals surface area contributed by atoms with E-state index in [1.54, 1.807) is 17.0 Å². The second-order valence-electron chi connectivity index (χ2n) is 7.28.